The summed E-state index contributed by atoms with van der Waals surface area (Å²) in [6.45, 7) is 4.33. The average molecular weight is 514 g/mol. The molecule has 2 aromatic heterocycles. The Kier molecular flexibility index (Phi) is 7.65. The molecule has 1 aliphatic heterocycles. The number of amides is 1. The van der Waals surface area contributed by atoms with E-state index in [4.69, 9.17) is 10.5 Å². The van der Waals surface area contributed by atoms with Crippen LogP contribution in [0.15, 0.2) is 60.8 Å². The van der Waals surface area contributed by atoms with Crippen molar-refractivity contribution in [2.24, 2.45) is 5.73 Å². The van der Waals surface area contributed by atoms with Gasteiger partial charge in [-0.3, -0.25) is 9.69 Å². The van der Waals surface area contributed by atoms with Gasteiger partial charge in [0.2, 0.25) is 5.91 Å². The first-order chi connectivity index (χ1) is 18.1. The fourth-order valence-electron chi connectivity index (χ4n) is 4.28. The third kappa shape index (κ3) is 5.91. The highest BCUT2D eigenvalue weighted by Gasteiger charge is 2.21. The van der Waals surface area contributed by atoms with Crippen LogP contribution in [0.25, 0.3) is 10.2 Å². The van der Waals surface area contributed by atoms with Crippen LogP contribution in [-0.2, 0) is 17.9 Å². The van der Waals surface area contributed by atoms with Crippen molar-refractivity contribution in [3.8, 4) is 12.1 Å². The fourth-order valence-corrected chi connectivity index (χ4v) is 5.30. The summed E-state index contributed by atoms with van der Waals surface area (Å²) in [7, 11) is 0. The molecule has 0 aliphatic carbocycles. The minimum Gasteiger partial charge on any atom is -0.459 e. The number of fused-ring (bicyclic) bond motifs is 1. The van der Waals surface area contributed by atoms with Crippen molar-refractivity contribution in [3.05, 3.63) is 82.6 Å². The lowest BCUT2D eigenvalue weighted by atomic mass is 10.1. The SMILES string of the molecule is N#CC(c1ccnc(OCc2ccc(CN3CCN(C(=O)CN)CC3)cc2)n1)c1nc2ccccc2s1. The molecule has 1 fully saturated rings. The number of ether oxygens (including phenoxy) is 1. The zero-order chi connectivity index (χ0) is 25.6. The highest BCUT2D eigenvalue weighted by Crippen LogP contribution is 2.31. The molecule has 188 valence electrons. The summed E-state index contributed by atoms with van der Waals surface area (Å²) in [6, 6.07) is 20.4. The zero-order valence-corrected chi connectivity index (χ0v) is 21.1. The van der Waals surface area contributed by atoms with Gasteiger partial charge >= 0.3 is 6.01 Å². The van der Waals surface area contributed by atoms with E-state index >= 15 is 0 Å². The molecule has 1 amide bonds. The van der Waals surface area contributed by atoms with E-state index in [9.17, 15) is 10.1 Å². The highest BCUT2D eigenvalue weighted by atomic mass is 32.1. The molecule has 4 aromatic rings. The third-order valence-electron chi connectivity index (χ3n) is 6.33. The highest BCUT2D eigenvalue weighted by molar-refractivity contribution is 7.18. The van der Waals surface area contributed by atoms with Crippen LogP contribution in [0.5, 0.6) is 6.01 Å². The van der Waals surface area contributed by atoms with Crippen molar-refractivity contribution >= 4 is 27.5 Å². The number of hydrogen-bond acceptors (Lipinski definition) is 9. The Bertz CT molecular complexity index is 1380. The predicted octanol–water partition coefficient (Wildman–Crippen LogP) is 2.92. The average Bonchev–Trinajstić information content (AvgIpc) is 3.37. The van der Waals surface area contributed by atoms with Gasteiger partial charge in [0.25, 0.3) is 0 Å². The van der Waals surface area contributed by atoms with Gasteiger partial charge in [-0.05, 0) is 29.3 Å². The number of para-hydroxylation sites is 1. The van der Waals surface area contributed by atoms with Crippen molar-refractivity contribution in [2.45, 2.75) is 19.1 Å². The van der Waals surface area contributed by atoms with Crippen LogP contribution in [0, 0.1) is 11.3 Å². The first-order valence-corrected chi connectivity index (χ1v) is 12.9. The van der Waals surface area contributed by atoms with Crippen LogP contribution in [0.3, 0.4) is 0 Å². The second kappa shape index (κ2) is 11.4. The Morgan fingerprint density at radius 3 is 2.54 bits per heavy atom. The monoisotopic (exact) mass is 513 g/mol. The number of nitriles is 1. The van der Waals surface area contributed by atoms with Gasteiger partial charge in [-0.15, -0.1) is 11.3 Å². The number of carbonyl (C=O) groups is 1. The largest absolute Gasteiger partial charge is 0.459 e. The smallest absolute Gasteiger partial charge is 0.316 e. The topological polar surface area (TPSA) is 121 Å². The van der Waals surface area contributed by atoms with Crippen LogP contribution in [0.2, 0.25) is 0 Å². The maximum atomic E-state index is 11.7. The Morgan fingerprint density at radius 1 is 1.05 bits per heavy atom. The van der Waals surface area contributed by atoms with E-state index in [-0.39, 0.29) is 18.5 Å². The number of hydrogen-bond donors (Lipinski definition) is 1. The summed E-state index contributed by atoms with van der Waals surface area (Å²) < 4.78 is 6.89. The molecule has 1 unspecified atom stereocenters. The normalized spacial score (nSPS) is 14.9. The molecule has 0 spiro atoms. The van der Waals surface area contributed by atoms with E-state index in [1.807, 2.05) is 41.3 Å². The van der Waals surface area contributed by atoms with E-state index < -0.39 is 5.92 Å². The maximum Gasteiger partial charge on any atom is 0.316 e. The number of rotatable bonds is 8. The van der Waals surface area contributed by atoms with Crippen molar-refractivity contribution in [3.63, 3.8) is 0 Å². The summed E-state index contributed by atoms with van der Waals surface area (Å²) in [6.07, 6.45) is 1.61. The maximum absolute atomic E-state index is 11.7. The molecule has 0 radical (unpaired) electrons. The summed E-state index contributed by atoms with van der Waals surface area (Å²) in [5, 5.41) is 10.5. The minimum atomic E-state index is -0.586. The second-order valence-corrected chi connectivity index (χ2v) is 9.87. The number of nitrogens with two attached hydrogens (primary N) is 1. The van der Waals surface area contributed by atoms with Crippen molar-refractivity contribution in [1.82, 2.24) is 24.8 Å². The molecule has 0 saturated carbocycles. The number of piperazine rings is 1. The molecule has 1 aliphatic rings. The molecular weight excluding hydrogens is 486 g/mol. The van der Waals surface area contributed by atoms with Crippen LogP contribution in [0.4, 0.5) is 0 Å². The number of nitrogens with zero attached hydrogens (tertiary/aromatic N) is 6. The minimum absolute atomic E-state index is 0.0124. The number of benzene rings is 2. The van der Waals surface area contributed by atoms with E-state index in [0.717, 1.165) is 35.4 Å². The van der Waals surface area contributed by atoms with Crippen LogP contribution < -0.4 is 10.5 Å². The lowest BCUT2D eigenvalue weighted by Gasteiger charge is -2.34. The molecule has 3 heterocycles. The number of aromatic nitrogens is 3. The van der Waals surface area contributed by atoms with Crippen LogP contribution in [0.1, 0.15) is 27.7 Å². The van der Waals surface area contributed by atoms with Gasteiger partial charge in [-0.1, -0.05) is 36.4 Å². The van der Waals surface area contributed by atoms with Gasteiger partial charge in [0.05, 0.1) is 28.5 Å². The molecule has 2 N–H and O–H groups in total. The Balaban J connectivity index is 1.17. The van der Waals surface area contributed by atoms with E-state index in [1.165, 1.54) is 16.9 Å². The van der Waals surface area contributed by atoms with Crippen molar-refractivity contribution in [2.75, 3.05) is 32.7 Å². The summed E-state index contributed by atoms with van der Waals surface area (Å²) in [5.74, 6) is -0.573. The van der Waals surface area contributed by atoms with E-state index in [0.29, 0.717) is 30.4 Å². The molecule has 1 saturated heterocycles. The van der Waals surface area contributed by atoms with Gasteiger partial charge < -0.3 is 15.4 Å². The summed E-state index contributed by atoms with van der Waals surface area (Å²) >= 11 is 1.50. The Labute approximate surface area is 219 Å². The Morgan fingerprint density at radius 2 is 1.81 bits per heavy atom. The molecule has 9 nitrogen and oxygen atoms in total. The van der Waals surface area contributed by atoms with E-state index in [1.54, 1.807) is 12.3 Å². The summed E-state index contributed by atoms with van der Waals surface area (Å²) in [5.41, 5.74) is 9.11. The molecule has 5 rings (SSSR count). The lowest BCUT2D eigenvalue weighted by molar-refractivity contribution is -0.131. The molecule has 2 aromatic carbocycles. The number of thiazole rings is 1. The fraction of sp³-hybridized carbons (Fsp3) is 0.296. The quantitative estimate of drug-likeness (QED) is 0.382. The second-order valence-electron chi connectivity index (χ2n) is 8.81. The molecule has 1 atom stereocenters. The van der Waals surface area contributed by atoms with Gasteiger partial charge in [0.1, 0.15) is 17.5 Å². The van der Waals surface area contributed by atoms with Crippen LogP contribution in [-0.4, -0.2) is 63.4 Å². The standard InChI is InChI=1S/C27H27N7O2S/c28-15-21(26-31-23-3-1-2-4-24(23)37-26)22-9-10-30-27(32-22)36-18-20-7-5-19(6-8-20)17-33-11-13-34(14-12-33)25(35)16-29/h1-10,21H,11-14,16-18,29H2. The van der Waals surface area contributed by atoms with E-state index in [2.05, 4.69) is 38.1 Å². The predicted molar refractivity (Wildman–Crippen MR) is 141 cm³/mol. The first kappa shape index (κ1) is 24.8. The van der Waals surface area contributed by atoms with Gasteiger partial charge in [0, 0.05) is 38.9 Å². The van der Waals surface area contributed by atoms with Gasteiger partial charge in [-0.25, -0.2) is 9.97 Å². The van der Waals surface area contributed by atoms with Gasteiger partial charge in [0.15, 0.2) is 0 Å². The molecular formula is C27H27N7O2S. The molecule has 10 heteroatoms. The lowest BCUT2D eigenvalue weighted by Crippen LogP contribution is -2.49. The molecule has 0 bridgehead atoms. The number of carbonyl (C=O) groups excluding carboxylic acids is 1. The van der Waals surface area contributed by atoms with Crippen LogP contribution >= 0.6 is 11.3 Å². The third-order valence-corrected chi connectivity index (χ3v) is 7.44. The van der Waals surface area contributed by atoms with Crippen molar-refractivity contribution in [1.29, 1.82) is 5.26 Å². The first-order valence-electron chi connectivity index (χ1n) is 12.1. The van der Waals surface area contributed by atoms with Crippen molar-refractivity contribution < 1.29 is 9.53 Å². The summed E-state index contributed by atoms with van der Waals surface area (Å²) in [4.78, 5) is 29.2. The molecule has 37 heavy (non-hydrogen) atoms. The van der Waals surface area contributed by atoms with Gasteiger partial charge in [-0.2, -0.15) is 10.2 Å². The zero-order valence-electron chi connectivity index (χ0n) is 20.3. The Hall–Kier alpha value is -3.91.